The van der Waals surface area contributed by atoms with Crippen molar-refractivity contribution in [2.45, 2.75) is 0 Å². The van der Waals surface area contributed by atoms with Gasteiger partial charge in [-0.3, -0.25) is 4.57 Å². The Labute approximate surface area is 288 Å². The van der Waals surface area contributed by atoms with Gasteiger partial charge in [0.25, 0.3) is 0 Å². The minimum atomic E-state index is -3.29. The van der Waals surface area contributed by atoms with Crippen molar-refractivity contribution in [3.05, 3.63) is 171 Å². The molecule has 8 nitrogen and oxygen atoms in total. The van der Waals surface area contributed by atoms with E-state index in [0.717, 1.165) is 42.7 Å². The van der Waals surface area contributed by atoms with Crippen molar-refractivity contribution < 1.29 is 0 Å². The van der Waals surface area contributed by atoms with Gasteiger partial charge in [-0.05, 0) is 33.8 Å². The van der Waals surface area contributed by atoms with Gasteiger partial charge in [-0.2, -0.15) is 0 Å². The summed E-state index contributed by atoms with van der Waals surface area (Å²) in [5.41, 5.74) is 3.21. The molecule has 0 bridgehead atoms. The molecular formula is C41H28N8Si. The van der Waals surface area contributed by atoms with Crippen LogP contribution in [0.3, 0.4) is 0 Å². The first-order valence-corrected chi connectivity index (χ1v) is 18.3. The van der Waals surface area contributed by atoms with Gasteiger partial charge in [0, 0.05) is 23.2 Å². The number of fused-ring (bicyclic) bond motifs is 3. The largest absolute Gasteiger partial charge is 0.278 e. The summed E-state index contributed by atoms with van der Waals surface area (Å²) in [6, 6.07) is 50.6. The minimum Gasteiger partial charge on any atom is -0.278 e. The van der Waals surface area contributed by atoms with Crippen molar-refractivity contribution >= 4 is 50.8 Å². The zero-order valence-electron chi connectivity index (χ0n) is 26.7. The minimum absolute atomic E-state index is 0.408. The Morgan fingerprint density at radius 2 is 0.920 bits per heavy atom. The van der Waals surface area contributed by atoms with E-state index in [9.17, 15) is 0 Å². The van der Waals surface area contributed by atoms with Crippen molar-refractivity contribution in [2.75, 3.05) is 0 Å². The summed E-state index contributed by atoms with van der Waals surface area (Å²) in [6.07, 6.45) is 6.49. The van der Waals surface area contributed by atoms with Crippen molar-refractivity contribution in [1.29, 1.82) is 0 Å². The topological polar surface area (TPSA) is 95.2 Å². The van der Waals surface area contributed by atoms with E-state index in [2.05, 4.69) is 159 Å². The zero-order chi connectivity index (χ0) is 33.3. The molecule has 0 spiro atoms. The fraction of sp³-hybridized carbons (Fsp3) is 0. The lowest BCUT2D eigenvalue weighted by Crippen LogP contribution is -2.76. The van der Waals surface area contributed by atoms with Crippen LogP contribution in [0.15, 0.2) is 171 Å². The molecule has 0 aliphatic rings. The van der Waals surface area contributed by atoms with E-state index < -0.39 is 8.07 Å². The van der Waals surface area contributed by atoms with Crippen LogP contribution in [-0.2, 0) is 0 Å². The number of rotatable bonds is 7. The maximum atomic E-state index is 5.74. The summed E-state index contributed by atoms with van der Waals surface area (Å²) in [5.74, 6) is 1.41. The van der Waals surface area contributed by atoms with Crippen LogP contribution < -0.4 is 20.9 Å². The van der Waals surface area contributed by atoms with E-state index in [4.69, 9.17) is 19.9 Å². The molecule has 0 saturated heterocycles. The molecule has 0 amide bonds. The van der Waals surface area contributed by atoms with Crippen LogP contribution in [0.5, 0.6) is 0 Å². The van der Waals surface area contributed by atoms with Crippen molar-refractivity contribution in [1.82, 2.24) is 39.5 Å². The molecule has 0 fully saturated rings. The van der Waals surface area contributed by atoms with Gasteiger partial charge < -0.3 is 0 Å². The second-order valence-corrected chi connectivity index (χ2v) is 15.6. The number of nitrogens with zero attached hydrogens (tertiary/aromatic N) is 8. The highest BCUT2D eigenvalue weighted by Crippen LogP contribution is 2.33. The Kier molecular flexibility index (Phi) is 7.29. The summed E-state index contributed by atoms with van der Waals surface area (Å²) in [7, 11) is -3.29. The highest BCUT2D eigenvalue weighted by Gasteiger charge is 2.46. The van der Waals surface area contributed by atoms with Gasteiger partial charge in [-0.25, -0.2) is 34.9 Å². The van der Waals surface area contributed by atoms with Gasteiger partial charge in [-0.1, -0.05) is 127 Å². The molecule has 0 atom stereocenters. The Balaban J connectivity index is 1.54. The summed E-state index contributed by atoms with van der Waals surface area (Å²) >= 11 is 0. The Bertz CT molecular complexity index is 2430. The standard InChI is InChI=1S/C41H28N8Si/c1-4-15-29(16-5-1)50(30-17-6-2-7-18-30,31-19-8-3-9-20-31)40-36(38-43-25-14-26-44-38)37(39-45-27-42-28-46-39)47-41(48-40)49-34-23-12-10-21-32(34)33-22-11-13-24-35(33)49/h1-28H. The van der Waals surface area contributed by atoms with Crippen LogP contribution in [0.2, 0.25) is 0 Å². The van der Waals surface area contributed by atoms with E-state index in [1.165, 1.54) is 12.7 Å². The lowest BCUT2D eigenvalue weighted by molar-refractivity contribution is 0.978. The number of benzene rings is 5. The predicted molar refractivity (Wildman–Crippen MR) is 200 cm³/mol. The monoisotopic (exact) mass is 660 g/mol. The third-order valence-electron chi connectivity index (χ3n) is 9.15. The molecule has 0 N–H and O–H groups in total. The van der Waals surface area contributed by atoms with Gasteiger partial charge in [0.15, 0.2) is 11.6 Å². The van der Waals surface area contributed by atoms with Crippen LogP contribution in [0.25, 0.3) is 50.7 Å². The number of aromatic nitrogens is 8. The molecule has 0 radical (unpaired) electrons. The van der Waals surface area contributed by atoms with E-state index >= 15 is 0 Å². The van der Waals surface area contributed by atoms with Crippen LogP contribution in [0.1, 0.15) is 0 Å². The SMILES string of the molecule is c1ccc([Si](c2ccccc2)(c2ccccc2)c2nc(-n3c4ccccc4c4ccccc43)nc(-c3ncncn3)c2-c2ncccn2)cc1. The third-order valence-corrected chi connectivity index (χ3v) is 13.8. The average molecular weight is 661 g/mol. The maximum absolute atomic E-state index is 5.74. The summed E-state index contributed by atoms with van der Waals surface area (Å²) in [6.45, 7) is 0. The molecular weight excluding hydrogens is 633 g/mol. The predicted octanol–water partition coefficient (Wildman–Crippen LogP) is 5.26. The van der Waals surface area contributed by atoms with Gasteiger partial charge in [0.2, 0.25) is 14.0 Å². The lowest BCUT2D eigenvalue weighted by atomic mass is 10.2. The van der Waals surface area contributed by atoms with Gasteiger partial charge in [0.05, 0.1) is 21.9 Å². The Hall–Kier alpha value is -6.71. The van der Waals surface area contributed by atoms with E-state index in [0.29, 0.717) is 28.9 Å². The molecule has 9 rings (SSSR count). The highest BCUT2D eigenvalue weighted by atomic mass is 28.3. The summed E-state index contributed by atoms with van der Waals surface area (Å²) < 4.78 is 2.15. The molecule has 0 saturated carbocycles. The highest BCUT2D eigenvalue weighted by molar-refractivity contribution is 7.20. The smallest absolute Gasteiger partial charge is 0.235 e. The van der Waals surface area contributed by atoms with Gasteiger partial charge in [0.1, 0.15) is 18.3 Å². The first kappa shape index (κ1) is 29.4. The number of para-hydroxylation sites is 2. The zero-order valence-corrected chi connectivity index (χ0v) is 27.7. The van der Waals surface area contributed by atoms with Crippen LogP contribution in [0, 0.1) is 0 Å². The molecule has 0 aliphatic heterocycles. The second kappa shape index (κ2) is 12.4. The molecule has 4 heterocycles. The molecule has 50 heavy (non-hydrogen) atoms. The maximum Gasteiger partial charge on any atom is 0.235 e. The molecule has 9 heteroatoms. The lowest BCUT2D eigenvalue weighted by Gasteiger charge is -2.35. The van der Waals surface area contributed by atoms with Crippen LogP contribution in [0.4, 0.5) is 0 Å². The fourth-order valence-electron chi connectivity index (χ4n) is 7.10. The first-order chi connectivity index (χ1) is 24.8. The fourth-order valence-corrected chi connectivity index (χ4v) is 11.9. The Morgan fingerprint density at radius 1 is 0.440 bits per heavy atom. The van der Waals surface area contributed by atoms with Crippen molar-refractivity contribution in [3.63, 3.8) is 0 Å². The summed E-state index contributed by atoms with van der Waals surface area (Å²) in [4.78, 5) is 34.2. The van der Waals surface area contributed by atoms with E-state index in [1.807, 2.05) is 6.07 Å². The van der Waals surface area contributed by atoms with Crippen molar-refractivity contribution in [3.8, 4) is 28.9 Å². The average Bonchev–Trinajstić information content (AvgIpc) is 3.54. The molecule has 5 aromatic carbocycles. The molecule has 236 valence electrons. The molecule has 0 unspecified atom stereocenters. The molecule has 4 aromatic heterocycles. The first-order valence-electron chi connectivity index (χ1n) is 16.3. The molecule has 0 aliphatic carbocycles. The van der Waals surface area contributed by atoms with Gasteiger partial charge >= 0.3 is 0 Å². The number of hydrogen-bond acceptors (Lipinski definition) is 7. The van der Waals surface area contributed by atoms with E-state index in [1.54, 1.807) is 12.4 Å². The normalized spacial score (nSPS) is 11.6. The Morgan fingerprint density at radius 3 is 1.44 bits per heavy atom. The second-order valence-electron chi connectivity index (χ2n) is 11.8. The number of hydrogen-bond donors (Lipinski definition) is 0. The van der Waals surface area contributed by atoms with Crippen LogP contribution >= 0.6 is 0 Å². The van der Waals surface area contributed by atoms with Gasteiger partial charge in [-0.15, -0.1) is 0 Å². The quantitative estimate of drug-likeness (QED) is 0.170. The molecule has 9 aromatic rings. The van der Waals surface area contributed by atoms with Crippen molar-refractivity contribution in [2.24, 2.45) is 0 Å². The van der Waals surface area contributed by atoms with E-state index in [-0.39, 0.29) is 0 Å². The summed E-state index contributed by atoms with van der Waals surface area (Å²) in [5, 5.41) is 6.52. The van der Waals surface area contributed by atoms with Crippen LogP contribution in [-0.4, -0.2) is 47.5 Å². The third kappa shape index (κ3) is 4.71.